The monoisotopic (exact) mass is 285 g/mol. The molecule has 1 fully saturated rings. The van der Waals surface area contributed by atoms with Crippen molar-refractivity contribution in [1.29, 1.82) is 0 Å². The highest BCUT2D eigenvalue weighted by molar-refractivity contribution is 4.74. The molecule has 1 aliphatic heterocycles. The van der Waals surface area contributed by atoms with Crippen molar-refractivity contribution < 1.29 is 4.74 Å². The summed E-state index contributed by atoms with van der Waals surface area (Å²) in [5.74, 6) is 0.724. The lowest BCUT2D eigenvalue weighted by Gasteiger charge is -2.35. The van der Waals surface area contributed by atoms with E-state index in [1.807, 2.05) is 0 Å². The maximum Gasteiger partial charge on any atom is 0.0829 e. The molecule has 0 amide bonds. The average Bonchev–Trinajstić information content (AvgIpc) is 2.33. The zero-order chi connectivity index (χ0) is 15.0. The van der Waals surface area contributed by atoms with Crippen LogP contribution in [0.5, 0.6) is 0 Å². The molecule has 0 radical (unpaired) electrons. The Kier molecular flexibility index (Phi) is 8.69. The van der Waals surface area contributed by atoms with E-state index < -0.39 is 0 Å². The number of morpholine rings is 1. The predicted octanol–water partition coefficient (Wildman–Crippen LogP) is 1.66. The van der Waals surface area contributed by atoms with Crippen molar-refractivity contribution in [3.05, 3.63) is 0 Å². The average molecular weight is 285 g/mol. The third-order valence-electron chi connectivity index (χ3n) is 3.62. The molecule has 0 unspecified atom stereocenters. The molecular formula is C16H35N3O. The van der Waals surface area contributed by atoms with Crippen LogP contribution in [0.15, 0.2) is 0 Å². The first kappa shape index (κ1) is 17.9. The number of hydrogen-bond donors (Lipinski definition) is 1. The minimum absolute atomic E-state index is 0.380. The maximum absolute atomic E-state index is 5.91. The Bertz CT molecular complexity index is 246. The fourth-order valence-corrected chi connectivity index (χ4v) is 2.83. The van der Waals surface area contributed by atoms with Crippen LogP contribution in [0.1, 0.15) is 34.1 Å². The molecule has 1 atom stereocenters. The van der Waals surface area contributed by atoms with Crippen LogP contribution in [0, 0.1) is 5.92 Å². The second-order valence-electron chi connectivity index (χ2n) is 6.87. The first-order chi connectivity index (χ1) is 9.47. The zero-order valence-electron chi connectivity index (χ0n) is 14.2. The lowest BCUT2D eigenvalue weighted by atomic mass is 10.2. The second-order valence-corrected chi connectivity index (χ2v) is 6.87. The molecule has 0 aromatic rings. The van der Waals surface area contributed by atoms with Crippen molar-refractivity contribution in [1.82, 2.24) is 15.1 Å². The summed E-state index contributed by atoms with van der Waals surface area (Å²) >= 11 is 0. The van der Waals surface area contributed by atoms with Gasteiger partial charge in [0, 0.05) is 32.2 Å². The van der Waals surface area contributed by atoms with Gasteiger partial charge in [-0.05, 0) is 32.5 Å². The maximum atomic E-state index is 5.91. The molecule has 4 heteroatoms. The van der Waals surface area contributed by atoms with E-state index in [9.17, 15) is 0 Å². The summed E-state index contributed by atoms with van der Waals surface area (Å²) in [5, 5.41) is 3.48. The number of ether oxygens (including phenoxy) is 1. The number of hydrogen-bond acceptors (Lipinski definition) is 4. The van der Waals surface area contributed by atoms with Gasteiger partial charge in [-0.2, -0.15) is 0 Å². The van der Waals surface area contributed by atoms with Crippen molar-refractivity contribution in [2.45, 2.75) is 46.3 Å². The third-order valence-corrected chi connectivity index (χ3v) is 3.62. The normalized spacial score (nSPS) is 21.3. The minimum atomic E-state index is 0.380. The third kappa shape index (κ3) is 8.20. The van der Waals surface area contributed by atoms with Crippen LogP contribution in [0.2, 0.25) is 0 Å². The number of nitrogens with one attached hydrogen (secondary N) is 1. The molecule has 0 spiro atoms. The summed E-state index contributed by atoms with van der Waals surface area (Å²) in [5.41, 5.74) is 0. The predicted molar refractivity (Wildman–Crippen MR) is 86.3 cm³/mol. The van der Waals surface area contributed by atoms with E-state index in [4.69, 9.17) is 4.74 Å². The lowest BCUT2D eigenvalue weighted by molar-refractivity contribution is -0.0415. The fraction of sp³-hybridized carbons (Fsp3) is 1.00. The van der Waals surface area contributed by atoms with Crippen LogP contribution in [-0.2, 0) is 4.74 Å². The van der Waals surface area contributed by atoms with Crippen LogP contribution in [-0.4, -0.2) is 74.9 Å². The Hall–Kier alpha value is -0.160. The van der Waals surface area contributed by atoms with Gasteiger partial charge in [0.25, 0.3) is 0 Å². The van der Waals surface area contributed by atoms with Gasteiger partial charge >= 0.3 is 0 Å². The number of likely N-dealkylation sites (N-methyl/N-ethyl adjacent to an activating group) is 1. The van der Waals surface area contributed by atoms with Gasteiger partial charge in [0.1, 0.15) is 0 Å². The van der Waals surface area contributed by atoms with Crippen LogP contribution in [0.3, 0.4) is 0 Å². The van der Waals surface area contributed by atoms with E-state index in [-0.39, 0.29) is 0 Å². The van der Waals surface area contributed by atoms with Gasteiger partial charge in [0.05, 0.1) is 12.7 Å². The SMILES string of the molecule is CC(C)CN(C)C[C@H]1CN(CCCNC(C)C)CCO1. The number of nitrogens with zero attached hydrogens (tertiary/aromatic N) is 2. The van der Waals surface area contributed by atoms with Crippen LogP contribution < -0.4 is 5.32 Å². The van der Waals surface area contributed by atoms with Crippen LogP contribution >= 0.6 is 0 Å². The fourth-order valence-electron chi connectivity index (χ4n) is 2.83. The minimum Gasteiger partial charge on any atom is -0.374 e. The van der Waals surface area contributed by atoms with Gasteiger partial charge in [-0.1, -0.05) is 27.7 Å². The summed E-state index contributed by atoms with van der Waals surface area (Å²) in [7, 11) is 2.20. The summed E-state index contributed by atoms with van der Waals surface area (Å²) in [6.45, 7) is 16.5. The number of rotatable bonds is 9. The van der Waals surface area contributed by atoms with E-state index in [1.165, 1.54) is 13.0 Å². The molecule has 0 saturated carbocycles. The van der Waals surface area contributed by atoms with Crippen molar-refractivity contribution >= 4 is 0 Å². The first-order valence-electron chi connectivity index (χ1n) is 8.23. The molecule has 1 aliphatic rings. The molecule has 1 rings (SSSR count). The molecule has 20 heavy (non-hydrogen) atoms. The molecule has 120 valence electrons. The Morgan fingerprint density at radius 3 is 2.70 bits per heavy atom. The smallest absolute Gasteiger partial charge is 0.0829 e. The van der Waals surface area contributed by atoms with Crippen LogP contribution in [0.25, 0.3) is 0 Å². The molecule has 0 aliphatic carbocycles. The highest BCUT2D eigenvalue weighted by Crippen LogP contribution is 2.08. The molecule has 1 saturated heterocycles. The molecular weight excluding hydrogens is 250 g/mol. The van der Waals surface area contributed by atoms with E-state index in [0.717, 1.165) is 45.2 Å². The second kappa shape index (κ2) is 9.72. The van der Waals surface area contributed by atoms with Crippen molar-refractivity contribution in [2.24, 2.45) is 5.92 Å². The molecule has 1 heterocycles. The van der Waals surface area contributed by atoms with Gasteiger partial charge < -0.3 is 15.0 Å². The van der Waals surface area contributed by atoms with Crippen molar-refractivity contribution in [2.75, 3.05) is 52.9 Å². The van der Waals surface area contributed by atoms with Crippen LogP contribution in [0.4, 0.5) is 0 Å². The van der Waals surface area contributed by atoms with Crippen molar-refractivity contribution in [3.63, 3.8) is 0 Å². The highest BCUT2D eigenvalue weighted by atomic mass is 16.5. The molecule has 0 bridgehead atoms. The molecule has 0 aromatic heterocycles. The van der Waals surface area contributed by atoms with Crippen molar-refractivity contribution in [3.8, 4) is 0 Å². The van der Waals surface area contributed by atoms with Gasteiger partial charge in [-0.15, -0.1) is 0 Å². The van der Waals surface area contributed by atoms with E-state index in [1.54, 1.807) is 0 Å². The Morgan fingerprint density at radius 2 is 2.05 bits per heavy atom. The Balaban J connectivity index is 2.18. The Morgan fingerprint density at radius 1 is 1.30 bits per heavy atom. The van der Waals surface area contributed by atoms with Gasteiger partial charge in [-0.25, -0.2) is 0 Å². The summed E-state index contributed by atoms with van der Waals surface area (Å²) in [6.07, 6.45) is 1.61. The van der Waals surface area contributed by atoms with Gasteiger partial charge in [-0.3, -0.25) is 4.90 Å². The first-order valence-corrected chi connectivity index (χ1v) is 8.23. The zero-order valence-corrected chi connectivity index (χ0v) is 14.2. The van der Waals surface area contributed by atoms with Gasteiger partial charge in [0.2, 0.25) is 0 Å². The molecule has 1 N–H and O–H groups in total. The van der Waals surface area contributed by atoms with E-state index >= 15 is 0 Å². The quantitative estimate of drug-likeness (QED) is 0.652. The summed E-state index contributed by atoms with van der Waals surface area (Å²) in [6, 6.07) is 0.595. The Labute approximate surface area is 125 Å². The highest BCUT2D eigenvalue weighted by Gasteiger charge is 2.21. The molecule has 0 aromatic carbocycles. The molecule has 4 nitrogen and oxygen atoms in total. The van der Waals surface area contributed by atoms with Gasteiger partial charge in [0.15, 0.2) is 0 Å². The standard InChI is InChI=1S/C16H35N3O/c1-14(2)11-18(5)12-16-13-19(9-10-20-16)8-6-7-17-15(3)4/h14-17H,6-13H2,1-5H3/t16-/m0/s1. The van der Waals surface area contributed by atoms with E-state index in [0.29, 0.717) is 12.1 Å². The largest absolute Gasteiger partial charge is 0.374 e. The van der Waals surface area contributed by atoms with E-state index in [2.05, 4.69) is 49.9 Å². The lowest BCUT2D eigenvalue weighted by Crippen LogP contribution is -2.47. The topological polar surface area (TPSA) is 27.7 Å². The summed E-state index contributed by atoms with van der Waals surface area (Å²) < 4.78 is 5.91. The summed E-state index contributed by atoms with van der Waals surface area (Å²) in [4.78, 5) is 4.96.